The Labute approximate surface area is 200 Å². The van der Waals surface area contributed by atoms with E-state index in [2.05, 4.69) is 5.32 Å². The van der Waals surface area contributed by atoms with Crippen molar-refractivity contribution < 1.29 is 26.4 Å². The summed E-state index contributed by atoms with van der Waals surface area (Å²) < 4.78 is 57.5. The van der Waals surface area contributed by atoms with Crippen molar-refractivity contribution in [3.05, 3.63) is 47.5 Å². The van der Waals surface area contributed by atoms with Gasteiger partial charge in [-0.2, -0.15) is 4.31 Å². The van der Waals surface area contributed by atoms with Crippen molar-refractivity contribution in [2.75, 3.05) is 36.1 Å². The number of carbonyl (C=O) groups is 1. The molecule has 33 heavy (non-hydrogen) atoms. The molecule has 0 aliphatic heterocycles. The number of benzene rings is 2. The Bertz CT molecular complexity index is 1200. The van der Waals surface area contributed by atoms with Gasteiger partial charge in [0.2, 0.25) is 26.0 Å². The quantitative estimate of drug-likeness (QED) is 0.518. The molecule has 0 saturated heterocycles. The van der Waals surface area contributed by atoms with Crippen LogP contribution in [0.25, 0.3) is 0 Å². The fourth-order valence-electron chi connectivity index (χ4n) is 3.27. The van der Waals surface area contributed by atoms with E-state index in [1.165, 1.54) is 60.8 Å². The van der Waals surface area contributed by atoms with Crippen molar-refractivity contribution >= 4 is 48.9 Å². The van der Waals surface area contributed by atoms with Gasteiger partial charge < -0.3 is 10.1 Å². The number of hydrogen-bond donors (Lipinski definition) is 1. The molecule has 0 saturated carbocycles. The minimum absolute atomic E-state index is 0.0999. The molecular formula is C21H28ClN3O6S2. The normalized spacial score (nSPS) is 12.9. The van der Waals surface area contributed by atoms with Crippen LogP contribution in [-0.2, 0) is 24.8 Å². The average Bonchev–Trinajstić information content (AvgIpc) is 2.74. The second-order valence-electron chi connectivity index (χ2n) is 7.16. The predicted molar refractivity (Wildman–Crippen MR) is 130 cm³/mol. The number of amides is 1. The zero-order valence-electron chi connectivity index (χ0n) is 19.1. The third-order valence-corrected chi connectivity index (χ3v) is 8.54. The number of sulfonamides is 2. The lowest BCUT2D eigenvalue weighted by Crippen LogP contribution is -2.45. The second-order valence-corrected chi connectivity index (χ2v) is 11.4. The summed E-state index contributed by atoms with van der Waals surface area (Å²) in [4.78, 5) is 13.0. The summed E-state index contributed by atoms with van der Waals surface area (Å²) >= 11 is 6.13. The Hall–Kier alpha value is -2.34. The van der Waals surface area contributed by atoms with Crippen LogP contribution in [0.1, 0.15) is 20.8 Å². The maximum Gasteiger partial charge on any atom is 0.247 e. The van der Waals surface area contributed by atoms with Gasteiger partial charge in [-0.1, -0.05) is 25.4 Å². The zero-order valence-corrected chi connectivity index (χ0v) is 21.5. The number of carbonyl (C=O) groups excluding carboxylic acids is 1. The Morgan fingerprint density at radius 1 is 1.06 bits per heavy atom. The van der Waals surface area contributed by atoms with Gasteiger partial charge in [0, 0.05) is 18.8 Å². The number of anilines is 2. The largest absolute Gasteiger partial charge is 0.495 e. The number of halogens is 1. The van der Waals surface area contributed by atoms with E-state index >= 15 is 0 Å². The van der Waals surface area contributed by atoms with Crippen LogP contribution in [0.3, 0.4) is 0 Å². The van der Waals surface area contributed by atoms with E-state index in [9.17, 15) is 21.6 Å². The van der Waals surface area contributed by atoms with Gasteiger partial charge in [0.25, 0.3) is 0 Å². The third kappa shape index (κ3) is 6.17. The number of hydrogen-bond acceptors (Lipinski definition) is 6. The zero-order chi connectivity index (χ0) is 25.0. The van der Waals surface area contributed by atoms with E-state index in [0.29, 0.717) is 24.5 Å². The highest BCUT2D eigenvalue weighted by Gasteiger charge is 2.30. The van der Waals surface area contributed by atoms with E-state index in [0.717, 1.165) is 10.6 Å². The van der Waals surface area contributed by atoms with Crippen LogP contribution in [-0.4, -0.2) is 59.5 Å². The van der Waals surface area contributed by atoms with Gasteiger partial charge in [0.1, 0.15) is 11.8 Å². The first kappa shape index (κ1) is 26.9. The van der Waals surface area contributed by atoms with Gasteiger partial charge >= 0.3 is 0 Å². The van der Waals surface area contributed by atoms with Crippen LogP contribution in [0.5, 0.6) is 5.75 Å². The molecule has 2 aromatic carbocycles. The van der Waals surface area contributed by atoms with Crippen LogP contribution >= 0.6 is 11.6 Å². The molecule has 1 N–H and O–H groups in total. The van der Waals surface area contributed by atoms with E-state index in [1.807, 2.05) is 0 Å². The summed E-state index contributed by atoms with van der Waals surface area (Å²) in [6.45, 7) is 5.62. The Balaban J connectivity index is 2.28. The van der Waals surface area contributed by atoms with Gasteiger partial charge in [-0.15, -0.1) is 0 Å². The van der Waals surface area contributed by atoms with Gasteiger partial charge in [-0.3, -0.25) is 9.10 Å². The Kier molecular flexibility index (Phi) is 8.75. The molecule has 0 heterocycles. The highest BCUT2D eigenvalue weighted by Crippen LogP contribution is 2.31. The number of ether oxygens (including phenoxy) is 1. The SMILES string of the molecule is CCN(CC)S(=O)(=O)c1ccc(NC(=O)[C@H](C)N(c2ccc(OC)c(Cl)c2)S(C)(=O)=O)cc1. The molecule has 0 spiro atoms. The maximum absolute atomic E-state index is 12.9. The molecule has 0 fully saturated rings. The van der Waals surface area contributed by atoms with Crippen molar-refractivity contribution in [2.24, 2.45) is 0 Å². The molecule has 9 nitrogen and oxygen atoms in total. The molecule has 1 amide bonds. The molecule has 0 aliphatic carbocycles. The van der Waals surface area contributed by atoms with Gasteiger partial charge in [-0.05, 0) is 49.4 Å². The predicted octanol–water partition coefficient (Wildman–Crippen LogP) is 3.17. The van der Waals surface area contributed by atoms with E-state index in [-0.39, 0.29) is 15.6 Å². The smallest absolute Gasteiger partial charge is 0.247 e. The molecular weight excluding hydrogens is 490 g/mol. The summed E-state index contributed by atoms with van der Waals surface area (Å²) in [5.74, 6) is -0.238. The molecule has 2 aromatic rings. The summed E-state index contributed by atoms with van der Waals surface area (Å²) in [6.07, 6.45) is 0.988. The number of methoxy groups -OCH3 is 1. The molecule has 0 unspecified atom stereocenters. The van der Waals surface area contributed by atoms with Gasteiger partial charge in [-0.25, -0.2) is 16.8 Å². The van der Waals surface area contributed by atoms with E-state index < -0.39 is 32.0 Å². The van der Waals surface area contributed by atoms with Crippen molar-refractivity contribution in [1.29, 1.82) is 0 Å². The topological polar surface area (TPSA) is 113 Å². The summed E-state index contributed by atoms with van der Waals surface area (Å²) in [6, 6.07) is 8.97. The standard InChI is InChI=1S/C21H28ClN3O6S2/c1-6-24(7-2)33(29,30)18-11-8-16(9-12-18)23-21(26)15(3)25(32(5,27)28)17-10-13-20(31-4)19(22)14-17/h8-15H,6-7H2,1-5H3,(H,23,26)/t15-/m0/s1. The van der Waals surface area contributed by atoms with Gasteiger partial charge in [0.15, 0.2) is 0 Å². The third-order valence-electron chi connectivity index (χ3n) is 4.94. The maximum atomic E-state index is 12.9. The van der Waals surface area contributed by atoms with E-state index in [4.69, 9.17) is 16.3 Å². The van der Waals surface area contributed by atoms with Crippen molar-refractivity contribution in [1.82, 2.24) is 4.31 Å². The molecule has 0 aliphatic rings. The van der Waals surface area contributed by atoms with Crippen molar-refractivity contribution in [3.63, 3.8) is 0 Å². The van der Waals surface area contributed by atoms with Crippen molar-refractivity contribution in [2.45, 2.75) is 31.7 Å². The van der Waals surface area contributed by atoms with Crippen LogP contribution in [0.4, 0.5) is 11.4 Å². The van der Waals surface area contributed by atoms with Crippen LogP contribution < -0.4 is 14.4 Å². The number of nitrogens with one attached hydrogen (secondary N) is 1. The minimum atomic E-state index is -3.84. The lowest BCUT2D eigenvalue weighted by Gasteiger charge is -2.28. The second kappa shape index (κ2) is 10.7. The molecule has 12 heteroatoms. The summed E-state index contributed by atoms with van der Waals surface area (Å²) in [5.41, 5.74) is 0.526. The molecule has 0 bridgehead atoms. The summed E-state index contributed by atoms with van der Waals surface area (Å²) in [7, 11) is -6.04. The summed E-state index contributed by atoms with van der Waals surface area (Å²) in [5, 5.41) is 2.82. The fraction of sp³-hybridized carbons (Fsp3) is 0.381. The minimum Gasteiger partial charge on any atom is -0.495 e. The lowest BCUT2D eigenvalue weighted by molar-refractivity contribution is -0.116. The number of nitrogens with zero attached hydrogens (tertiary/aromatic N) is 2. The number of rotatable bonds is 10. The first-order valence-corrected chi connectivity index (χ1v) is 13.8. The lowest BCUT2D eigenvalue weighted by atomic mass is 10.2. The highest BCUT2D eigenvalue weighted by molar-refractivity contribution is 7.92. The van der Waals surface area contributed by atoms with Crippen molar-refractivity contribution in [3.8, 4) is 5.75 Å². The fourth-order valence-corrected chi connectivity index (χ4v) is 6.15. The van der Waals surface area contributed by atoms with Crippen LogP contribution in [0, 0.1) is 0 Å². The molecule has 1 atom stereocenters. The molecule has 2 rings (SSSR count). The highest BCUT2D eigenvalue weighted by atomic mass is 35.5. The Morgan fingerprint density at radius 2 is 1.64 bits per heavy atom. The van der Waals surface area contributed by atoms with E-state index in [1.54, 1.807) is 13.8 Å². The molecule has 0 aromatic heterocycles. The first-order chi connectivity index (χ1) is 15.4. The van der Waals surface area contributed by atoms with Crippen LogP contribution in [0.15, 0.2) is 47.4 Å². The molecule has 182 valence electrons. The van der Waals surface area contributed by atoms with Crippen LogP contribution in [0.2, 0.25) is 5.02 Å². The first-order valence-electron chi connectivity index (χ1n) is 10.1. The average molecular weight is 518 g/mol. The Morgan fingerprint density at radius 3 is 2.09 bits per heavy atom. The molecule has 0 radical (unpaired) electrons. The van der Waals surface area contributed by atoms with Gasteiger partial charge in [0.05, 0.1) is 29.0 Å². The monoisotopic (exact) mass is 517 g/mol.